The SMILES string of the molecule is CCCO[C@@H]1CC[C@H](C(=O)N2CCCCC2)C[C@H]1NC(=O)c1ccn(C)c1C. The van der Waals surface area contributed by atoms with Crippen LogP contribution < -0.4 is 5.32 Å². The van der Waals surface area contributed by atoms with Crippen LogP contribution in [0.25, 0.3) is 0 Å². The fraction of sp³-hybridized carbons (Fsp3) is 0.727. The van der Waals surface area contributed by atoms with Gasteiger partial charge in [0.1, 0.15) is 0 Å². The van der Waals surface area contributed by atoms with E-state index >= 15 is 0 Å². The van der Waals surface area contributed by atoms with Crippen molar-refractivity contribution in [2.45, 2.75) is 70.9 Å². The molecule has 3 rings (SSSR count). The van der Waals surface area contributed by atoms with E-state index in [4.69, 9.17) is 4.74 Å². The van der Waals surface area contributed by atoms with E-state index in [1.54, 1.807) is 0 Å². The van der Waals surface area contributed by atoms with Gasteiger partial charge in [0.25, 0.3) is 5.91 Å². The van der Waals surface area contributed by atoms with Gasteiger partial charge in [-0.2, -0.15) is 0 Å². The molecule has 28 heavy (non-hydrogen) atoms. The molecule has 1 saturated heterocycles. The maximum atomic E-state index is 13.0. The molecule has 0 bridgehead atoms. The second-order valence-corrected chi connectivity index (χ2v) is 8.31. The van der Waals surface area contributed by atoms with Crippen molar-refractivity contribution in [1.29, 1.82) is 0 Å². The van der Waals surface area contributed by atoms with Crippen LogP contribution in [0.3, 0.4) is 0 Å². The molecule has 1 aromatic rings. The quantitative estimate of drug-likeness (QED) is 0.813. The van der Waals surface area contributed by atoms with Crippen molar-refractivity contribution in [3.63, 3.8) is 0 Å². The molecule has 6 heteroatoms. The fourth-order valence-corrected chi connectivity index (χ4v) is 4.46. The molecule has 156 valence electrons. The van der Waals surface area contributed by atoms with E-state index in [2.05, 4.69) is 12.2 Å². The van der Waals surface area contributed by atoms with E-state index in [9.17, 15) is 9.59 Å². The summed E-state index contributed by atoms with van der Waals surface area (Å²) in [6.45, 7) is 6.48. The smallest absolute Gasteiger partial charge is 0.253 e. The zero-order chi connectivity index (χ0) is 20.1. The minimum Gasteiger partial charge on any atom is -0.376 e. The van der Waals surface area contributed by atoms with Gasteiger partial charge in [-0.05, 0) is 57.9 Å². The Kier molecular flexibility index (Phi) is 7.16. The predicted octanol–water partition coefficient (Wildman–Crippen LogP) is 3.04. The first kappa shape index (κ1) is 20.9. The number of aryl methyl sites for hydroxylation is 1. The van der Waals surface area contributed by atoms with E-state index in [1.165, 1.54) is 6.42 Å². The third-order valence-corrected chi connectivity index (χ3v) is 6.28. The van der Waals surface area contributed by atoms with Crippen molar-refractivity contribution in [3.8, 4) is 0 Å². The van der Waals surface area contributed by atoms with E-state index in [0.29, 0.717) is 18.6 Å². The molecule has 2 heterocycles. The largest absolute Gasteiger partial charge is 0.376 e. The summed E-state index contributed by atoms with van der Waals surface area (Å²) in [6.07, 6.45) is 8.60. The maximum Gasteiger partial charge on any atom is 0.253 e. The predicted molar refractivity (Wildman–Crippen MR) is 109 cm³/mol. The lowest BCUT2D eigenvalue weighted by atomic mass is 9.82. The van der Waals surface area contributed by atoms with Gasteiger partial charge in [0, 0.05) is 44.6 Å². The lowest BCUT2D eigenvalue weighted by Crippen LogP contribution is -2.51. The Morgan fingerprint density at radius 3 is 2.61 bits per heavy atom. The number of hydrogen-bond donors (Lipinski definition) is 1. The van der Waals surface area contributed by atoms with Gasteiger partial charge >= 0.3 is 0 Å². The van der Waals surface area contributed by atoms with Crippen LogP contribution in [-0.4, -0.2) is 53.1 Å². The molecule has 1 saturated carbocycles. The average Bonchev–Trinajstić information content (AvgIpc) is 3.05. The van der Waals surface area contributed by atoms with Crippen LogP contribution in [0.15, 0.2) is 12.3 Å². The van der Waals surface area contributed by atoms with Gasteiger partial charge in [-0.1, -0.05) is 6.92 Å². The number of ether oxygens (including phenoxy) is 1. The number of nitrogens with one attached hydrogen (secondary N) is 1. The zero-order valence-electron chi connectivity index (χ0n) is 17.6. The van der Waals surface area contributed by atoms with Gasteiger partial charge in [0.05, 0.1) is 17.7 Å². The van der Waals surface area contributed by atoms with Crippen LogP contribution in [0.4, 0.5) is 0 Å². The Labute approximate surface area is 168 Å². The molecule has 0 spiro atoms. The average molecular weight is 390 g/mol. The topological polar surface area (TPSA) is 63.6 Å². The number of nitrogens with zero attached hydrogens (tertiary/aromatic N) is 2. The van der Waals surface area contributed by atoms with Crippen molar-refractivity contribution in [2.75, 3.05) is 19.7 Å². The first-order valence-corrected chi connectivity index (χ1v) is 10.8. The molecule has 1 aromatic heterocycles. The highest BCUT2D eigenvalue weighted by Crippen LogP contribution is 2.30. The minimum atomic E-state index is -0.119. The Hall–Kier alpha value is -1.82. The summed E-state index contributed by atoms with van der Waals surface area (Å²) in [5, 5.41) is 3.19. The summed E-state index contributed by atoms with van der Waals surface area (Å²) >= 11 is 0. The molecule has 3 atom stereocenters. The fourth-order valence-electron chi connectivity index (χ4n) is 4.46. The van der Waals surface area contributed by atoms with Gasteiger partial charge in [-0.3, -0.25) is 9.59 Å². The molecule has 2 aliphatic rings. The normalized spacial score (nSPS) is 25.5. The number of carbonyl (C=O) groups is 2. The molecule has 2 amide bonds. The van der Waals surface area contributed by atoms with Crippen LogP contribution in [0.1, 0.15) is 67.9 Å². The standard InChI is InChI=1S/C22H35N3O3/c1-4-14-28-20-9-8-17(22(27)25-11-6-5-7-12-25)15-19(20)23-21(26)18-10-13-24(3)16(18)2/h10,13,17,19-20H,4-9,11-12,14-15H2,1-3H3,(H,23,26)/t17-,19+,20+/m0/s1. The minimum absolute atomic E-state index is 0.0123. The van der Waals surface area contributed by atoms with Crippen molar-refractivity contribution in [1.82, 2.24) is 14.8 Å². The zero-order valence-corrected chi connectivity index (χ0v) is 17.6. The van der Waals surface area contributed by atoms with Gasteiger partial charge in [0.15, 0.2) is 0 Å². The number of hydrogen-bond acceptors (Lipinski definition) is 3. The Bertz CT molecular complexity index is 679. The number of likely N-dealkylation sites (tertiary alicyclic amines) is 1. The molecule has 0 unspecified atom stereocenters. The second-order valence-electron chi connectivity index (χ2n) is 8.31. The molecule has 0 aromatic carbocycles. The lowest BCUT2D eigenvalue weighted by Gasteiger charge is -2.38. The van der Waals surface area contributed by atoms with Crippen LogP contribution in [0.2, 0.25) is 0 Å². The number of aromatic nitrogens is 1. The second kappa shape index (κ2) is 9.59. The summed E-state index contributed by atoms with van der Waals surface area (Å²) in [4.78, 5) is 27.9. The van der Waals surface area contributed by atoms with Crippen LogP contribution >= 0.6 is 0 Å². The van der Waals surface area contributed by atoms with Crippen molar-refractivity contribution < 1.29 is 14.3 Å². The Morgan fingerprint density at radius 2 is 1.96 bits per heavy atom. The lowest BCUT2D eigenvalue weighted by molar-refractivity contribution is -0.139. The van der Waals surface area contributed by atoms with Crippen molar-refractivity contribution in [3.05, 3.63) is 23.5 Å². The van der Waals surface area contributed by atoms with Crippen LogP contribution in [-0.2, 0) is 16.6 Å². The highest BCUT2D eigenvalue weighted by atomic mass is 16.5. The first-order chi connectivity index (χ1) is 13.5. The molecular weight excluding hydrogens is 354 g/mol. The summed E-state index contributed by atoms with van der Waals surface area (Å²) < 4.78 is 7.99. The van der Waals surface area contributed by atoms with Gasteiger partial charge in [-0.25, -0.2) is 0 Å². The Balaban J connectivity index is 1.68. The van der Waals surface area contributed by atoms with Crippen LogP contribution in [0.5, 0.6) is 0 Å². The van der Waals surface area contributed by atoms with Gasteiger partial charge in [0.2, 0.25) is 5.91 Å². The van der Waals surface area contributed by atoms with E-state index in [-0.39, 0.29) is 29.9 Å². The number of carbonyl (C=O) groups excluding carboxylic acids is 2. The van der Waals surface area contributed by atoms with Crippen molar-refractivity contribution >= 4 is 11.8 Å². The summed E-state index contributed by atoms with van der Waals surface area (Å²) in [5.74, 6) is 0.185. The van der Waals surface area contributed by atoms with E-state index in [0.717, 1.165) is 50.9 Å². The molecule has 1 N–H and O–H groups in total. The molecule has 1 aliphatic carbocycles. The summed E-state index contributed by atoms with van der Waals surface area (Å²) in [5.41, 5.74) is 1.64. The molecule has 0 radical (unpaired) electrons. The molecule has 6 nitrogen and oxygen atoms in total. The highest BCUT2D eigenvalue weighted by molar-refractivity contribution is 5.95. The number of rotatable bonds is 6. The monoisotopic (exact) mass is 389 g/mol. The van der Waals surface area contributed by atoms with E-state index in [1.807, 2.05) is 35.7 Å². The maximum absolute atomic E-state index is 13.0. The van der Waals surface area contributed by atoms with E-state index < -0.39 is 0 Å². The van der Waals surface area contributed by atoms with Crippen molar-refractivity contribution in [2.24, 2.45) is 13.0 Å². The Morgan fingerprint density at radius 1 is 1.21 bits per heavy atom. The van der Waals surface area contributed by atoms with Crippen LogP contribution in [0, 0.1) is 12.8 Å². The number of piperidine rings is 1. The number of amides is 2. The highest BCUT2D eigenvalue weighted by Gasteiger charge is 2.37. The summed E-state index contributed by atoms with van der Waals surface area (Å²) in [7, 11) is 1.94. The molecule has 2 fully saturated rings. The first-order valence-electron chi connectivity index (χ1n) is 10.8. The van der Waals surface area contributed by atoms with Gasteiger partial charge in [-0.15, -0.1) is 0 Å². The van der Waals surface area contributed by atoms with Gasteiger partial charge < -0.3 is 19.5 Å². The summed E-state index contributed by atoms with van der Waals surface area (Å²) in [6, 6.07) is 1.73. The third kappa shape index (κ3) is 4.77. The molecular formula is C22H35N3O3. The molecule has 1 aliphatic heterocycles. The third-order valence-electron chi connectivity index (χ3n) is 6.28.